The lowest BCUT2D eigenvalue weighted by molar-refractivity contribution is -0.155. The summed E-state index contributed by atoms with van der Waals surface area (Å²) in [6.07, 6.45) is 3.29. The van der Waals surface area contributed by atoms with Gasteiger partial charge in [0.05, 0.1) is 11.8 Å². The molecule has 0 spiro atoms. The van der Waals surface area contributed by atoms with Crippen LogP contribution in [0, 0.1) is 11.8 Å². The molecule has 2 aliphatic rings. The van der Waals surface area contributed by atoms with Crippen LogP contribution in [0.4, 0.5) is 0 Å². The van der Waals surface area contributed by atoms with Gasteiger partial charge in [0.15, 0.2) is 6.61 Å². The van der Waals surface area contributed by atoms with Crippen LogP contribution in [-0.2, 0) is 23.9 Å². The van der Waals surface area contributed by atoms with Crippen LogP contribution in [0.25, 0.3) is 0 Å². The molecule has 3 amide bonds. The Morgan fingerprint density at radius 1 is 1.18 bits per heavy atom. The van der Waals surface area contributed by atoms with Gasteiger partial charge in [0, 0.05) is 6.04 Å². The molecule has 1 heterocycles. The smallest absolute Gasteiger partial charge is 0.326 e. The van der Waals surface area contributed by atoms with Crippen molar-refractivity contribution in [1.29, 1.82) is 0 Å². The number of carbonyl (C=O) groups excluding carboxylic acids is 4. The van der Waals surface area contributed by atoms with E-state index in [0.717, 1.165) is 17.7 Å². The predicted octanol–water partition coefficient (Wildman–Crippen LogP) is 0.229. The first kappa shape index (κ1) is 16.5. The maximum absolute atomic E-state index is 12.2. The van der Waals surface area contributed by atoms with Crippen molar-refractivity contribution in [3.63, 3.8) is 0 Å². The molecule has 1 aliphatic carbocycles. The minimum atomic E-state index is -0.737. The molecule has 1 N–H and O–H groups in total. The number of hydrogen-bond donors (Lipinski definition) is 1. The monoisotopic (exact) mass is 310 g/mol. The van der Waals surface area contributed by atoms with Crippen LogP contribution in [0.1, 0.15) is 39.5 Å². The molecule has 0 aromatic rings. The van der Waals surface area contributed by atoms with Gasteiger partial charge < -0.3 is 10.1 Å². The quantitative estimate of drug-likeness (QED) is 0.579. The Labute approximate surface area is 129 Å². The van der Waals surface area contributed by atoms with E-state index in [4.69, 9.17) is 4.74 Å². The van der Waals surface area contributed by atoms with Crippen LogP contribution in [0.15, 0.2) is 0 Å². The Balaban J connectivity index is 1.85. The summed E-state index contributed by atoms with van der Waals surface area (Å²) < 4.78 is 4.82. The molecule has 1 saturated heterocycles. The van der Waals surface area contributed by atoms with Crippen LogP contribution in [-0.4, -0.2) is 47.8 Å². The molecular weight excluding hydrogens is 288 g/mol. The van der Waals surface area contributed by atoms with E-state index in [2.05, 4.69) is 5.32 Å². The van der Waals surface area contributed by atoms with Gasteiger partial charge in [-0.15, -0.1) is 0 Å². The van der Waals surface area contributed by atoms with Crippen molar-refractivity contribution >= 4 is 23.7 Å². The van der Waals surface area contributed by atoms with E-state index >= 15 is 0 Å². The second-order valence-electron chi connectivity index (χ2n) is 6.14. The Hall–Kier alpha value is -1.92. The summed E-state index contributed by atoms with van der Waals surface area (Å²) in [5, 5.41) is 2.59. The fourth-order valence-electron chi connectivity index (χ4n) is 3.07. The van der Waals surface area contributed by atoms with E-state index in [9.17, 15) is 19.2 Å². The highest BCUT2D eigenvalue weighted by Gasteiger charge is 2.48. The summed E-state index contributed by atoms with van der Waals surface area (Å²) in [4.78, 5) is 48.5. The van der Waals surface area contributed by atoms with E-state index in [1.54, 1.807) is 13.8 Å². The minimum absolute atomic E-state index is 0.0453. The van der Waals surface area contributed by atoms with Gasteiger partial charge in [0.25, 0.3) is 5.91 Å². The number of fused-ring (bicyclic) bond motifs is 1. The molecular formula is C15H22N2O5. The molecule has 1 aliphatic heterocycles. The summed E-state index contributed by atoms with van der Waals surface area (Å²) in [7, 11) is 0. The van der Waals surface area contributed by atoms with Crippen molar-refractivity contribution in [2.75, 3.05) is 13.2 Å². The zero-order valence-corrected chi connectivity index (χ0v) is 13.0. The number of carbonyl (C=O) groups is 4. The maximum atomic E-state index is 12.2. The lowest BCUT2D eigenvalue weighted by Gasteiger charge is -2.19. The molecule has 0 bridgehead atoms. The standard InChI is InChI=1S/C15H22N2O5/c1-9(2)16-12(18)8-22-13(19)7-17-14(20)10-5-3-4-6-11(10)15(17)21/h9-11H,3-8H2,1-2H3,(H,16,18)/t10-,11-/m0/s1. The first-order valence-corrected chi connectivity index (χ1v) is 7.70. The Bertz CT molecular complexity index is 464. The van der Waals surface area contributed by atoms with Gasteiger partial charge in [0.2, 0.25) is 11.8 Å². The number of rotatable bonds is 5. The zero-order chi connectivity index (χ0) is 16.3. The number of imide groups is 1. The molecule has 122 valence electrons. The second-order valence-corrected chi connectivity index (χ2v) is 6.14. The van der Waals surface area contributed by atoms with Crippen LogP contribution >= 0.6 is 0 Å². The third-order valence-electron chi connectivity index (χ3n) is 4.03. The van der Waals surface area contributed by atoms with Gasteiger partial charge in [-0.1, -0.05) is 12.8 Å². The SMILES string of the molecule is CC(C)NC(=O)COC(=O)CN1C(=O)[C@H]2CCCC[C@@H]2C1=O. The van der Waals surface area contributed by atoms with Crippen LogP contribution in [0.5, 0.6) is 0 Å². The first-order chi connectivity index (χ1) is 10.4. The number of nitrogens with zero attached hydrogens (tertiary/aromatic N) is 1. The maximum Gasteiger partial charge on any atom is 0.326 e. The van der Waals surface area contributed by atoms with Crippen molar-refractivity contribution in [3.8, 4) is 0 Å². The molecule has 7 heteroatoms. The summed E-state index contributed by atoms with van der Waals surface area (Å²) in [6, 6.07) is -0.0453. The molecule has 7 nitrogen and oxygen atoms in total. The fraction of sp³-hybridized carbons (Fsp3) is 0.733. The van der Waals surface area contributed by atoms with E-state index in [1.807, 2.05) is 0 Å². The van der Waals surface area contributed by atoms with Gasteiger partial charge in [-0.25, -0.2) is 0 Å². The normalized spacial score (nSPS) is 24.4. The molecule has 0 aromatic carbocycles. The third kappa shape index (κ3) is 3.64. The van der Waals surface area contributed by atoms with E-state index in [-0.39, 0.29) is 29.7 Å². The van der Waals surface area contributed by atoms with Crippen molar-refractivity contribution in [1.82, 2.24) is 10.2 Å². The molecule has 2 fully saturated rings. The molecule has 1 saturated carbocycles. The number of hydrogen-bond acceptors (Lipinski definition) is 5. The van der Waals surface area contributed by atoms with Gasteiger partial charge >= 0.3 is 5.97 Å². The third-order valence-corrected chi connectivity index (χ3v) is 4.03. The summed E-state index contributed by atoms with van der Waals surface area (Å²) >= 11 is 0. The van der Waals surface area contributed by atoms with Crippen LogP contribution < -0.4 is 5.32 Å². The fourth-order valence-corrected chi connectivity index (χ4v) is 3.07. The van der Waals surface area contributed by atoms with Crippen molar-refractivity contribution in [2.24, 2.45) is 11.8 Å². The molecule has 2 atom stereocenters. The first-order valence-electron chi connectivity index (χ1n) is 7.70. The summed E-state index contributed by atoms with van der Waals surface area (Å²) in [6.45, 7) is 2.78. The highest BCUT2D eigenvalue weighted by molar-refractivity contribution is 6.07. The number of esters is 1. The largest absolute Gasteiger partial charge is 0.454 e. The Kier molecular flexibility index (Phi) is 5.15. The number of likely N-dealkylation sites (tertiary alicyclic amines) is 1. The van der Waals surface area contributed by atoms with Crippen LogP contribution in [0.3, 0.4) is 0 Å². The highest BCUT2D eigenvalue weighted by atomic mass is 16.5. The number of amides is 3. The number of nitrogens with one attached hydrogen (secondary N) is 1. The minimum Gasteiger partial charge on any atom is -0.454 e. The zero-order valence-electron chi connectivity index (χ0n) is 13.0. The lowest BCUT2D eigenvalue weighted by Crippen LogP contribution is -2.39. The van der Waals surface area contributed by atoms with Gasteiger partial charge in [-0.05, 0) is 26.7 Å². The summed E-state index contributed by atoms with van der Waals surface area (Å²) in [5.74, 6) is -2.26. The van der Waals surface area contributed by atoms with Crippen LogP contribution in [0.2, 0.25) is 0 Å². The van der Waals surface area contributed by atoms with Crippen molar-refractivity contribution < 1.29 is 23.9 Å². The average molecular weight is 310 g/mol. The molecule has 22 heavy (non-hydrogen) atoms. The average Bonchev–Trinajstić information content (AvgIpc) is 2.70. The molecule has 2 rings (SSSR count). The molecule has 0 unspecified atom stereocenters. The summed E-state index contributed by atoms with van der Waals surface area (Å²) in [5.41, 5.74) is 0. The lowest BCUT2D eigenvalue weighted by atomic mass is 9.81. The van der Waals surface area contributed by atoms with Gasteiger partial charge in [-0.3, -0.25) is 24.1 Å². The van der Waals surface area contributed by atoms with Crippen molar-refractivity contribution in [2.45, 2.75) is 45.6 Å². The highest BCUT2D eigenvalue weighted by Crippen LogP contribution is 2.37. The van der Waals surface area contributed by atoms with Gasteiger partial charge in [-0.2, -0.15) is 0 Å². The van der Waals surface area contributed by atoms with Gasteiger partial charge in [0.1, 0.15) is 6.54 Å². The number of ether oxygens (including phenoxy) is 1. The molecule has 0 radical (unpaired) electrons. The van der Waals surface area contributed by atoms with E-state index in [1.165, 1.54) is 0 Å². The topological polar surface area (TPSA) is 92.8 Å². The predicted molar refractivity (Wildman–Crippen MR) is 76.4 cm³/mol. The van der Waals surface area contributed by atoms with E-state index < -0.39 is 25.0 Å². The Morgan fingerprint density at radius 2 is 1.73 bits per heavy atom. The Morgan fingerprint density at radius 3 is 2.23 bits per heavy atom. The molecule has 0 aromatic heterocycles. The van der Waals surface area contributed by atoms with E-state index in [0.29, 0.717) is 12.8 Å². The second kappa shape index (κ2) is 6.89. The van der Waals surface area contributed by atoms with Crippen molar-refractivity contribution in [3.05, 3.63) is 0 Å².